The van der Waals surface area contributed by atoms with Crippen molar-refractivity contribution in [2.75, 3.05) is 26.1 Å². The van der Waals surface area contributed by atoms with Gasteiger partial charge in [-0.25, -0.2) is 28.8 Å². The number of alkyl carbamates (subject to hydrolysis) is 1. The zero-order valence-electron chi connectivity index (χ0n) is 52.6. The molecule has 9 rings (SSSR count). The Morgan fingerprint density at radius 2 is 1.40 bits per heavy atom. The lowest BCUT2D eigenvalue weighted by Gasteiger charge is -2.80. The number of carboxylic acid groups (broad SMARTS) is 3. The van der Waals surface area contributed by atoms with Gasteiger partial charge in [-0.05, 0) is 87.6 Å². The third kappa shape index (κ3) is 12.9. The van der Waals surface area contributed by atoms with Gasteiger partial charge in [-0.3, -0.25) is 24.0 Å². The van der Waals surface area contributed by atoms with Crippen molar-refractivity contribution in [3.05, 3.63) is 113 Å². The van der Waals surface area contributed by atoms with Gasteiger partial charge in [-0.1, -0.05) is 74.5 Å². The number of esters is 4. The van der Waals surface area contributed by atoms with Crippen LogP contribution in [0.15, 0.2) is 96.1 Å². The van der Waals surface area contributed by atoms with Crippen LogP contribution in [0.4, 0.5) is 15.3 Å². The highest BCUT2D eigenvalue weighted by Gasteiger charge is 2.92. The maximum atomic E-state index is 16.1. The lowest BCUT2D eigenvalue weighted by Crippen LogP contribution is -2.94. The van der Waals surface area contributed by atoms with E-state index < -0.39 is 191 Å². The molecule has 496 valence electrons. The normalized spacial score (nSPS) is 28.9. The average Bonchev–Trinajstić information content (AvgIpc) is 0.623. The number of ether oxygens (including phenoxy) is 8. The van der Waals surface area contributed by atoms with E-state index in [0.29, 0.717) is 5.56 Å². The molecular weight excluding hydrogens is 1200 g/mol. The number of carbonyl (C=O) groups excluding carboxylic acids is 8. The Hall–Kier alpha value is -8.79. The number of urea groups is 1. The molecule has 15 atom stereocenters. The molecule has 27 nitrogen and oxygen atoms in total. The van der Waals surface area contributed by atoms with Crippen molar-refractivity contribution in [3.63, 3.8) is 0 Å². The van der Waals surface area contributed by atoms with Gasteiger partial charge in [0, 0.05) is 70.3 Å². The van der Waals surface area contributed by atoms with E-state index in [1.807, 2.05) is 0 Å². The number of ketones is 1. The summed E-state index contributed by atoms with van der Waals surface area (Å²) >= 11 is 0. The molecule has 92 heavy (non-hydrogen) atoms. The van der Waals surface area contributed by atoms with E-state index in [0.717, 1.165) is 0 Å². The van der Waals surface area contributed by atoms with Gasteiger partial charge in [0.2, 0.25) is 12.0 Å². The van der Waals surface area contributed by atoms with E-state index in [1.165, 1.54) is 69.7 Å². The first kappa shape index (κ1) is 69.1. The summed E-state index contributed by atoms with van der Waals surface area (Å²) in [6.45, 7) is 12.4. The van der Waals surface area contributed by atoms with Gasteiger partial charge in [-0.2, -0.15) is 0 Å². The van der Waals surface area contributed by atoms with Gasteiger partial charge in [0.15, 0.2) is 17.0 Å². The summed E-state index contributed by atoms with van der Waals surface area (Å²) in [6.07, 6.45) is -11.3. The molecule has 0 spiro atoms. The van der Waals surface area contributed by atoms with Crippen molar-refractivity contribution in [1.82, 2.24) is 16.0 Å². The first-order valence-corrected chi connectivity index (χ1v) is 29.9. The van der Waals surface area contributed by atoms with Crippen LogP contribution in [0.2, 0.25) is 0 Å². The molecule has 8 N–H and O–H groups in total. The fourth-order valence-corrected chi connectivity index (χ4v) is 14.5. The second-order valence-corrected chi connectivity index (χ2v) is 25.3. The van der Waals surface area contributed by atoms with Gasteiger partial charge in [-0.15, -0.1) is 0 Å². The second kappa shape index (κ2) is 26.8. The summed E-state index contributed by atoms with van der Waals surface area (Å²) in [5.41, 5.74) is -9.50. The van der Waals surface area contributed by atoms with Crippen LogP contribution in [0, 0.1) is 22.7 Å². The Balaban J connectivity index is 1.11. The van der Waals surface area contributed by atoms with Gasteiger partial charge in [0.25, 0.3) is 0 Å². The molecule has 1 heterocycles. The number of carbonyl (C=O) groups is 11. The Morgan fingerprint density at radius 1 is 0.783 bits per heavy atom. The van der Waals surface area contributed by atoms with Crippen LogP contribution >= 0.6 is 0 Å². The molecule has 0 aromatic heterocycles. The SMILES string of the molecule is CO[C@H]1C(=O)[C@]2(C)[C@@H](OC)C[C@H]3OC[C@@]3(OC(C)=O)[C@H]2[C@]2(OC(=O)c3ccccc3)[C@@H](C)[C@@]3(C)C1=C(C)[C@@H](OC(=O)[C@H](OC(=O)CCC(=O)Nc1ccc(C[C@H](NC(=O)N[C@@H](CCC(=O)O)C(=O)O)C(=O)O)cc1)[C@@H](NC(=O)OC(C)(C)C)c1ccccc1)C[C@@]23O. The number of Topliss-reactive ketones (excluding diaryl/α,β-unsaturated/α-hetero) is 1. The van der Waals surface area contributed by atoms with Crippen LogP contribution in [0.1, 0.15) is 121 Å². The van der Waals surface area contributed by atoms with Gasteiger partial charge in [0.1, 0.15) is 47.6 Å². The predicted octanol–water partition coefficient (Wildman–Crippen LogP) is 5.15. The summed E-state index contributed by atoms with van der Waals surface area (Å²) in [7, 11) is 2.71. The first-order valence-electron chi connectivity index (χ1n) is 29.9. The molecule has 5 fully saturated rings. The molecule has 4 amide bonds. The molecule has 1 saturated heterocycles. The maximum Gasteiger partial charge on any atom is 0.408 e. The minimum Gasteiger partial charge on any atom is -0.481 e. The van der Waals surface area contributed by atoms with E-state index >= 15 is 9.59 Å². The fourth-order valence-electron chi connectivity index (χ4n) is 14.5. The number of hydrogen-bond acceptors (Lipinski definition) is 20. The minimum atomic E-state index is -2.36. The summed E-state index contributed by atoms with van der Waals surface area (Å²) in [4.78, 5) is 149. The Kier molecular flexibility index (Phi) is 20.1. The summed E-state index contributed by atoms with van der Waals surface area (Å²) in [6, 6.07) is 15.5. The lowest BCUT2D eigenvalue weighted by molar-refractivity contribution is -0.424. The number of benzene rings is 3. The zero-order chi connectivity index (χ0) is 67.6. The number of rotatable bonds is 24. The standard InChI is InChI=1S/C65H78N4O23/c1-33-42(31-64(84)62(8)34(2)65(64,91-55(80)38-19-15-12-16-20-38)57-61(7,52(75)50(86-10)48(33)62)43(85-9)30-44-63(57,32-87-44)90-35(3)70)88-56(81)51(49(37-17-13-11-14-18-37)69-59(83)92-60(4,5)6)89-47(74)28-26-45(71)66-39-23-21-36(22-24-39)29-41(54(78)79)68-58(82)67-40(53(76)77)25-27-46(72)73/h11-24,34,40-44,49-51,57,84H,25-32H2,1-10H3,(H,66,71)(H,69,83)(H,72,73)(H,76,77)(H,78,79)(H2,67,68,82)/t34-,40-,41-,42-,43-,44+,49-,50+,51+,57-,61-,62-,63-,64-,65+/m0/s1. The maximum absolute atomic E-state index is 16.1. The molecule has 0 radical (unpaired) electrons. The Bertz CT molecular complexity index is 3410. The molecular formula is C65H78N4O23. The Labute approximate surface area is 529 Å². The molecule has 1 aliphatic heterocycles. The highest BCUT2D eigenvalue weighted by Crippen LogP contribution is 2.79. The van der Waals surface area contributed by atoms with E-state index in [2.05, 4.69) is 21.3 Å². The number of nitrogens with one attached hydrogen (secondary N) is 4. The first-order chi connectivity index (χ1) is 43.2. The smallest absolute Gasteiger partial charge is 0.408 e. The summed E-state index contributed by atoms with van der Waals surface area (Å²) < 4.78 is 49.8. The zero-order valence-corrected chi connectivity index (χ0v) is 52.6. The average molecular weight is 1280 g/mol. The number of aliphatic hydroxyl groups is 1. The Morgan fingerprint density at radius 3 is 1.96 bits per heavy atom. The molecule has 5 aliphatic carbocycles. The van der Waals surface area contributed by atoms with Crippen molar-refractivity contribution in [2.24, 2.45) is 22.7 Å². The largest absolute Gasteiger partial charge is 0.481 e. The van der Waals surface area contributed by atoms with Crippen LogP contribution < -0.4 is 21.3 Å². The fraction of sp³-hybridized carbons (Fsp3) is 0.523. The molecule has 4 saturated carbocycles. The number of amides is 4. The van der Waals surface area contributed by atoms with Crippen molar-refractivity contribution >= 4 is 71.3 Å². The van der Waals surface area contributed by atoms with Crippen LogP contribution in [0.5, 0.6) is 0 Å². The quantitative estimate of drug-likeness (QED) is 0.0326. The van der Waals surface area contributed by atoms with E-state index in [9.17, 15) is 58.5 Å². The van der Waals surface area contributed by atoms with Crippen molar-refractivity contribution in [2.45, 2.75) is 171 Å². The minimum absolute atomic E-state index is 0.0357. The van der Waals surface area contributed by atoms with Crippen LogP contribution in [0.25, 0.3) is 0 Å². The summed E-state index contributed by atoms with van der Waals surface area (Å²) in [5.74, 6) is -12.1. The lowest BCUT2D eigenvalue weighted by atomic mass is 9.28. The monoisotopic (exact) mass is 1280 g/mol. The van der Waals surface area contributed by atoms with Crippen LogP contribution in [0.3, 0.4) is 0 Å². The third-order valence-corrected chi connectivity index (χ3v) is 18.8. The van der Waals surface area contributed by atoms with E-state index in [4.69, 9.17) is 43.0 Å². The van der Waals surface area contributed by atoms with Crippen molar-refractivity contribution in [3.8, 4) is 0 Å². The van der Waals surface area contributed by atoms with Gasteiger partial charge in [0.05, 0.1) is 36.0 Å². The number of carboxylic acids is 3. The van der Waals surface area contributed by atoms with E-state index in [1.54, 1.807) is 84.9 Å². The molecule has 4 bridgehead atoms. The van der Waals surface area contributed by atoms with E-state index in [-0.39, 0.29) is 47.4 Å². The highest BCUT2D eigenvalue weighted by atomic mass is 16.6. The number of methoxy groups -OCH3 is 2. The van der Waals surface area contributed by atoms with Crippen LogP contribution in [-0.2, 0) is 82.7 Å². The molecule has 3 aromatic carbocycles. The number of fused-ring (bicyclic) bond motifs is 2. The molecule has 27 heteroatoms. The topological polar surface area (TPSA) is 391 Å². The van der Waals surface area contributed by atoms with Crippen molar-refractivity contribution < 1.29 is 111 Å². The number of hydrogen-bond donors (Lipinski definition) is 8. The van der Waals surface area contributed by atoms with Gasteiger partial charge >= 0.3 is 53.9 Å². The van der Waals surface area contributed by atoms with Crippen molar-refractivity contribution in [1.29, 1.82) is 0 Å². The molecule has 6 aliphatic rings. The number of anilines is 1. The highest BCUT2D eigenvalue weighted by molar-refractivity contribution is 5.96. The predicted molar refractivity (Wildman–Crippen MR) is 319 cm³/mol. The van der Waals surface area contributed by atoms with Gasteiger partial charge < -0.3 is 79.6 Å². The third-order valence-electron chi connectivity index (χ3n) is 18.8. The molecule has 3 aromatic rings. The number of aliphatic carboxylic acids is 3. The second-order valence-electron chi connectivity index (χ2n) is 25.3. The molecule has 0 unspecified atom stereocenters. The van der Waals surface area contributed by atoms with Crippen LogP contribution in [-0.4, -0.2) is 172 Å². The summed E-state index contributed by atoms with van der Waals surface area (Å²) in [5, 5.41) is 52.0.